The van der Waals surface area contributed by atoms with Crippen LogP contribution >= 0.6 is 0 Å². The first-order chi connectivity index (χ1) is 22.0. The number of rotatable bonds is 9. The quantitative estimate of drug-likeness (QED) is 0.194. The van der Waals surface area contributed by atoms with E-state index in [9.17, 15) is 9.59 Å². The molecule has 224 valence electrons. The summed E-state index contributed by atoms with van der Waals surface area (Å²) in [6.45, 7) is 3.37. The Labute approximate surface area is 263 Å². The van der Waals surface area contributed by atoms with Gasteiger partial charge in [0.25, 0.3) is 0 Å². The fourth-order valence-electron chi connectivity index (χ4n) is 5.64. The van der Waals surface area contributed by atoms with Gasteiger partial charge in [-0.1, -0.05) is 84.9 Å². The molecule has 2 amide bonds. The highest BCUT2D eigenvalue weighted by atomic mass is 16.2. The van der Waals surface area contributed by atoms with Crippen molar-refractivity contribution in [2.45, 2.75) is 38.9 Å². The molecule has 1 atom stereocenters. The van der Waals surface area contributed by atoms with Crippen LogP contribution in [-0.4, -0.2) is 49.2 Å². The zero-order chi connectivity index (χ0) is 31.0. The number of benzene rings is 3. The summed E-state index contributed by atoms with van der Waals surface area (Å²) in [6, 6.07) is 30.9. The number of amides is 2. The Balaban J connectivity index is 1.34. The summed E-state index contributed by atoms with van der Waals surface area (Å²) in [5.41, 5.74) is 6.92. The summed E-state index contributed by atoms with van der Waals surface area (Å²) in [5, 5.41) is 0. The van der Waals surface area contributed by atoms with Gasteiger partial charge in [0.15, 0.2) is 5.82 Å². The van der Waals surface area contributed by atoms with Crippen molar-refractivity contribution in [2.24, 2.45) is 0 Å². The van der Waals surface area contributed by atoms with Crippen molar-refractivity contribution in [1.29, 1.82) is 0 Å². The number of fused-ring (bicyclic) bond motifs is 1. The zero-order valence-electron chi connectivity index (χ0n) is 25.3. The van der Waals surface area contributed by atoms with Crippen LogP contribution in [0, 0.1) is 6.92 Å². The van der Waals surface area contributed by atoms with Crippen molar-refractivity contribution in [3.8, 4) is 11.4 Å². The van der Waals surface area contributed by atoms with E-state index in [0.29, 0.717) is 31.0 Å². The number of carbonyl (C=O) groups excluding carboxylic acids is 2. The van der Waals surface area contributed by atoms with Crippen molar-refractivity contribution < 1.29 is 9.59 Å². The summed E-state index contributed by atoms with van der Waals surface area (Å²) in [6.07, 6.45) is 9.63. The summed E-state index contributed by atoms with van der Waals surface area (Å²) >= 11 is 0. The first kappa shape index (κ1) is 29.6. The maximum Gasteiger partial charge on any atom is 0.247 e. The van der Waals surface area contributed by atoms with Crippen LogP contribution < -0.4 is 0 Å². The van der Waals surface area contributed by atoms with Gasteiger partial charge in [-0.05, 0) is 59.4 Å². The van der Waals surface area contributed by atoms with Gasteiger partial charge < -0.3 is 9.80 Å². The van der Waals surface area contributed by atoms with Crippen molar-refractivity contribution in [1.82, 2.24) is 24.8 Å². The molecule has 2 aromatic heterocycles. The minimum absolute atomic E-state index is 0.0575. The summed E-state index contributed by atoms with van der Waals surface area (Å²) in [7, 11) is 0. The second-order valence-electron chi connectivity index (χ2n) is 11.3. The predicted molar refractivity (Wildman–Crippen MR) is 176 cm³/mol. The Kier molecular flexibility index (Phi) is 9.16. The van der Waals surface area contributed by atoms with Crippen LogP contribution in [0.15, 0.2) is 122 Å². The van der Waals surface area contributed by atoms with Gasteiger partial charge in [-0.25, -0.2) is 9.97 Å². The molecule has 0 saturated heterocycles. The highest BCUT2D eigenvalue weighted by Gasteiger charge is 2.34. The van der Waals surface area contributed by atoms with Crippen molar-refractivity contribution in [3.05, 3.63) is 155 Å². The highest BCUT2D eigenvalue weighted by Crippen LogP contribution is 2.24. The molecular weight excluding hydrogens is 558 g/mol. The van der Waals surface area contributed by atoms with E-state index in [2.05, 4.69) is 27.1 Å². The monoisotopic (exact) mass is 593 g/mol. The number of hydrogen-bond donors (Lipinski definition) is 0. The van der Waals surface area contributed by atoms with Crippen molar-refractivity contribution in [3.63, 3.8) is 0 Å². The van der Waals surface area contributed by atoms with E-state index in [1.54, 1.807) is 35.6 Å². The molecule has 0 saturated carbocycles. The molecular formula is C38H35N5O2. The molecule has 6 rings (SSSR count). The number of aromatic nitrogens is 3. The smallest absolute Gasteiger partial charge is 0.247 e. The lowest BCUT2D eigenvalue weighted by Gasteiger charge is -2.37. The fraction of sp³-hybridized carbons (Fsp3) is 0.184. The molecule has 45 heavy (non-hydrogen) atoms. The van der Waals surface area contributed by atoms with Crippen LogP contribution in [-0.2, 0) is 35.5 Å². The molecule has 3 heterocycles. The first-order valence-corrected chi connectivity index (χ1v) is 15.2. The Bertz CT molecular complexity index is 1770. The van der Waals surface area contributed by atoms with Crippen LogP contribution in [0.5, 0.6) is 0 Å². The largest absolute Gasteiger partial charge is 0.336 e. The van der Waals surface area contributed by atoms with Gasteiger partial charge in [0.1, 0.15) is 6.04 Å². The Morgan fingerprint density at radius 1 is 0.822 bits per heavy atom. The van der Waals surface area contributed by atoms with Crippen molar-refractivity contribution >= 4 is 17.9 Å². The van der Waals surface area contributed by atoms with Crippen molar-refractivity contribution in [2.75, 3.05) is 6.54 Å². The van der Waals surface area contributed by atoms with E-state index in [1.165, 1.54) is 11.6 Å². The third kappa shape index (κ3) is 7.39. The topological polar surface area (TPSA) is 79.3 Å². The van der Waals surface area contributed by atoms with E-state index in [4.69, 9.17) is 0 Å². The van der Waals surface area contributed by atoms with Crippen LogP contribution in [0.25, 0.3) is 17.5 Å². The summed E-state index contributed by atoms with van der Waals surface area (Å²) in [5.74, 6) is 0.324. The van der Waals surface area contributed by atoms with Gasteiger partial charge >= 0.3 is 0 Å². The van der Waals surface area contributed by atoms with Crippen LogP contribution in [0.1, 0.15) is 33.5 Å². The van der Waals surface area contributed by atoms with Crippen LogP contribution in [0.3, 0.4) is 0 Å². The lowest BCUT2D eigenvalue weighted by molar-refractivity contribution is -0.144. The average Bonchev–Trinajstić information content (AvgIpc) is 3.10. The van der Waals surface area contributed by atoms with Crippen LogP contribution in [0.4, 0.5) is 0 Å². The number of pyridine rings is 1. The van der Waals surface area contributed by atoms with Gasteiger partial charge in [0.2, 0.25) is 11.8 Å². The van der Waals surface area contributed by atoms with E-state index < -0.39 is 6.04 Å². The third-order valence-corrected chi connectivity index (χ3v) is 8.12. The lowest BCUT2D eigenvalue weighted by atomic mass is 9.97. The first-order valence-electron chi connectivity index (χ1n) is 15.2. The minimum atomic E-state index is -0.710. The van der Waals surface area contributed by atoms with Crippen LogP contribution in [0.2, 0.25) is 0 Å². The molecule has 0 aliphatic carbocycles. The molecule has 1 aliphatic heterocycles. The standard InChI is InChI=1S/C38H35N5O2/c1-28-12-17-34(41-25-28)18-19-36(44)43(26-30-13-15-32(16-14-30)37-39-21-7-22-40-37)35(24-29-8-3-2-4-9-29)38(45)42-23-20-31-10-5-6-11-33(31)27-42/h2-19,21-22,25,35H,20,23-24,26-27H2,1H3. The Morgan fingerprint density at radius 2 is 1.56 bits per heavy atom. The van der Waals surface area contributed by atoms with Gasteiger partial charge in [0, 0.05) is 56.3 Å². The maximum absolute atomic E-state index is 14.5. The molecule has 0 N–H and O–H groups in total. The number of carbonyl (C=O) groups is 2. The van der Waals surface area contributed by atoms with Gasteiger partial charge in [-0.2, -0.15) is 0 Å². The number of nitrogens with zero attached hydrogens (tertiary/aromatic N) is 5. The van der Waals surface area contributed by atoms with E-state index in [-0.39, 0.29) is 18.4 Å². The molecule has 0 fully saturated rings. The molecule has 5 aromatic rings. The second kappa shape index (κ2) is 13.9. The Hall–Kier alpha value is -5.43. The zero-order valence-corrected chi connectivity index (χ0v) is 25.3. The third-order valence-electron chi connectivity index (χ3n) is 8.12. The normalized spacial score (nSPS) is 13.3. The highest BCUT2D eigenvalue weighted by molar-refractivity contribution is 5.95. The van der Waals surface area contributed by atoms with Gasteiger partial charge in [-0.15, -0.1) is 0 Å². The van der Waals surface area contributed by atoms with E-state index >= 15 is 0 Å². The van der Waals surface area contributed by atoms with E-state index in [1.807, 2.05) is 90.7 Å². The molecule has 7 nitrogen and oxygen atoms in total. The van der Waals surface area contributed by atoms with Gasteiger partial charge in [0.05, 0.1) is 5.69 Å². The molecule has 0 bridgehead atoms. The Morgan fingerprint density at radius 3 is 2.29 bits per heavy atom. The SMILES string of the molecule is Cc1ccc(C=CC(=O)N(Cc2ccc(-c3ncccn3)cc2)C(Cc2ccccc2)C(=O)N2CCc3ccccc3C2)nc1. The maximum atomic E-state index is 14.5. The number of aryl methyl sites for hydroxylation is 1. The fourth-order valence-corrected chi connectivity index (χ4v) is 5.64. The van der Waals surface area contributed by atoms with Gasteiger partial charge in [-0.3, -0.25) is 14.6 Å². The second-order valence-corrected chi connectivity index (χ2v) is 11.3. The average molecular weight is 594 g/mol. The summed E-state index contributed by atoms with van der Waals surface area (Å²) in [4.78, 5) is 45.3. The molecule has 0 radical (unpaired) electrons. The predicted octanol–water partition coefficient (Wildman–Crippen LogP) is 6.09. The molecule has 3 aromatic carbocycles. The number of hydrogen-bond acceptors (Lipinski definition) is 5. The molecule has 1 aliphatic rings. The minimum Gasteiger partial charge on any atom is -0.336 e. The molecule has 7 heteroatoms. The summed E-state index contributed by atoms with van der Waals surface area (Å²) < 4.78 is 0. The molecule has 0 spiro atoms. The molecule has 1 unspecified atom stereocenters. The lowest BCUT2D eigenvalue weighted by Crippen LogP contribution is -2.52. The van der Waals surface area contributed by atoms with E-state index in [0.717, 1.165) is 34.2 Å².